The van der Waals surface area contributed by atoms with Gasteiger partial charge in [0.25, 0.3) is 0 Å². The average molecular weight is 224 g/mol. The van der Waals surface area contributed by atoms with Gasteiger partial charge in [0.1, 0.15) is 5.52 Å². The minimum Gasteiger partial charge on any atom is -0.483 e. The van der Waals surface area contributed by atoms with Gasteiger partial charge in [-0.3, -0.25) is 0 Å². The summed E-state index contributed by atoms with van der Waals surface area (Å²) in [5, 5.41) is 4.49. The standard InChI is InChI=1S/C9H8N2OS2/c1-2-12-9(13)6-4-3-5-7-8(6)14-11-10-7/h3-5H,2H2,1H3. The highest BCUT2D eigenvalue weighted by Gasteiger charge is 2.09. The van der Waals surface area contributed by atoms with Gasteiger partial charge >= 0.3 is 0 Å². The van der Waals surface area contributed by atoms with Crippen molar-refractivity contribution in [2.75, 3.05) is 6.61 Å². The molecule has 0 N–H and O–H groups in total. The number of rotatable bonds is 2. The molecule has 0 bridgehead atoms. The number of aromatic nitrogens is 2. The smallest absolute Gasteiger partial charge is 0.192 e. The molecule has 1 aromatic heterocycles. The summed E-state index contributed by atoms with van der Waals surface area (Å²) in [5.41, 5.74) is 1.78. The molecule has 0 saturated heterocycles. The molecule has 14 heavy (non-hydrogen) atoms. The molecule has 0 aliphatic carbocycles. The fourth-order valence-electron chi connectivity index (χ4n) is 1.17. The summed E-state index contributed by atoms with van der Waals surface area (Å²) in [6.45, 7) is 2.50. The van der Waals surface area contributed by atoms with Crippen molar-refractivity contribution in [1.29, 1.82) is 0 Å². The summed E-state index contributed by atoms with van der Waals surface area (Å²) >= 11 is 6.48. The first kappa shape index (κ1) is 9.48. The predicted octanol–water partition coefficient (Wildman–Crippen LogP) is 2.40. The molecule has 0 saturated carbocycles. The van der Waals surface area contributed by atoms with E-state index < -0.39 is 0 Å². The highest BCUT2D eigenvalue weighted by atomic mass is 32.1. The maximum Gasteiger partial charge on any atom is 0.192 e. The van der Waals surface area contributed by atoms with Crippen LogP contribution in [0.2, 0.25) is 0 Å². The van der Waals surface area contributed by atoms with E-state index in [4.69, 9.17) is 17.0 Å². The van der Waals surface area contributed by atoms with Gasteiger partial charge in [-0.25, -0.2) is 0 Å². The molecule has 0 atom stereocenters. The number of benzene rings is 1. The molecular formula is C9H8N2OS2. The quantitative estimate of drug-likeness (QED) is 0.734. The van der Waals surface area contributed by atoms with E-state index in [1.807, 2.05) is 25.1 Å². The molecule has 0 aliphatic heterocycles. The third kappa shape index (κ3) is 1.60. The number of fused-ring (bicyclic) bond motifs is 1. The van der Waals surface area contributed by atoms with Crippen molar-refractivity contribution in [1.82, 2.24) is 9.59 Å². The van der Waals surface area contributed by atoms with Crippen molar-refractivity contribution in [2.24, 2.45) is 0 Å². The average Bonchev–Trinajstić information content (AvgIpc) is 2.65. The van der Waals surface area contributed by atoms with E-state index in [2.05, 4.69) is 9.59 Å². The van der Waals surface area contributed by atoms with Crippen molar-refractivity contribution in [3.8, 4) is 0 Å². The van der Waals surface area contributed by atoms with Crippen LogP contribution < -0.4 is 0 Å². The molecule has 0 spiro atoms. The summed E-state index contributed by atoms with van der Waals surface area (Å²) in [5.74, 6) is 0. The van der Waals surface area contributed by atoms with E-state index in [0.717, 1.165) is 15.8 Å². The van der Waals surface area contributed by atoms with E-state index in [1.165, 1.54) is 11.5 Å². The van der Waals surface area contributed by atoms with E-state index in [9.17, 15) is 0 Å². The Balaban J connectivity index is 2.50. The summed E-state index contributed by atoms with van der Waals surface area (Å²) < 4.78 is 10.2. The minimum absolute atomic E-state index is 0.518. The van der Waals surface area contributed by atoms with E-state index in [0.29, 0.717) is 11.7 Å². The number of ether oxygens (including phenoxy) is 1. The zero-order chi connectivity index (χ0) is 9.97. The maximum absolute atomic E-state index is 5.29. The fraction of sp³-hybridized carbons (Fsp3) is 0.222. The summed E-state index contributed by atoms with van der Waals surface area (Å²) in [6.07, 6.45) is 0. The second-order valence-corrected chi connectivity index (χ2v) is 3.77. The molecule has 5 heteroatoms. The molecule has 0 aliphatic rings. The van der Waals surface area contributed by atoms with Crippen LogP contribution in [-0.2, 0) is 4.74 Å². The van der Waals surface area contributed by atoms with Gasteiger partial charge in [-0.05, 0) is 42.8 Å². The zero-order valence-corrected chi connectivity index (χ0v) is 9.19. The van der Waals surface area contributed by atoms with Crippen LogP contribution in [0.4, 0.5) is 0 Å². The van der Waals surface area contributed by atoms with Crippen LogP contribution >= 0.6 is 23.8 Å². The lowest BCUT2D eigenvalue weighted by Gasteiger charge is -2.04. The lowest BCUT2D eigenvalue weighted by Crippen LogP contribution is -2.02. The van der Waals surface area contributed by atoms with Crippen molar-refractivity contribution < 1.29 is 4.74 Å². The van der Waals surface area contributed by atoms with E-state index >= 15 is 0 Å². The Morgan fingerprint density at radius 1 is 1.57 bits per heavy atom. The first-order chi connectivity index (χ1) is 6.83. The fourth-order valence-corrected chi connectivity index (χ4v) is 2.20. The Morgan fingerprint density at radius 2 is 2.43 bits per heavy atom. The van der Waals surface area contributed by atoms with Crippen LogP contribution in [0.3, 0.4) is 0 Å². The SMILES string of the molecule is CCOC(=S)c1cccc2nnsc12. The molecule has 2 rings (SSSR count). The topological polar surface area (TPSA) is 35.0 Å². The summed E-state index contributed by atoms with van der Waals surface area (Å²) in [4.78, 5) is 0. The Kier molecular flexibility index (Phi) is 2.69. The van der Waals surface area contributed by atoms with Gasteiger partial charge in [0, 0.05) is 5.56 Å². The number of thiocarbonyl (C=S) groups is 1. The number of hydrogen-bond donors (Lipinski definition) is 0. The number of nitrogens with zero attached hydrogens (tertiary/aromatic N) is 2. The largest absolute Gasteiger partial charge is 0.483 e. The van der Waals surface area contributed by atoms with E-state index in [1.54, 1.807) is 0 Å². The highest BCUT2D eigenvalue weighted by Crippen LogP contribution is 2.21. The van der Waals surface area contributed by atoms with Gasteiger partial charge < -0.3 is 4.74 Å². The molecule has 0 unspecified atom stereocenters. The minimum atomic E-state index is 0.518. The Morgan fingerprint density at radius 3 is 3.21 bits per heavy atom. The molecule has 72 valence electrons. The van der Waals surface area contributed by atoms with Crippen LogP contribution in [-0.4, -0.2) is 21.2 Å². The summed E-state index contributed by atoms with van der Waals surface area (Å²) in [7, 11) is 0. The molecule has 0 amide bonds. The Labute approximate surface area is 90.9 Å². The third-order valence-electron chi connectivity index (χ3n) is 1.77. The normalized spacial score (nSPS) is 10.4. The van der Waals surface area contributed by atoms with Gasteiger partial charge in [-0.2, -0.15) is 0 Å². The molecule has 0 fully saturated rings. The second kappa shape index (κ2) is 3.98. The van der Waals surface area contributed by atoms with Crippen LogP contribution in [0, 0.1) is 0 Å². The van der Waals surface area contributed by atoms with Gasteiger partial charge in [-0.15, -0.1) is 5.10 Å². The first-order valence-corrected chi connectivity index (χ1v) is 5.39. The zero-order valence-electron chi connectivity index (χ0n) is 7.56. The van der Waals surface area contributed by atoms with Crippen molar-refractivity contribution in [3.05, 3.63) is 23.8 Å². The monoisotopic (exact) mass is 224 g/mol. The lowest BCUT2D eigenvalue weighted by molar-refractivity contribution is 0.338. The third-order valence-corrected chi connectivity index (χ3v) is 2.88. The van der Waals surface area contributed by atoms with Gasteiger partial charge in [0.15, 0.2) is 5.05 Å². The maximum atomic E-state index is 5.29. The molecule has 1 aromatic carbocycles. The lowest BCUT2D eigenvalue weighted by atomic mass is 10.2. The molecule has 2 aromatic rings. The van der Waals surface area contributed by atoms with Gasteiger partial charge in [0.05, 0.1) is 11.3 Å². The van der Waals surface area contributed by atoms with Gasteiger partial charge in [0.2, 0.25) is 0 Å². The highest BCUT2D eigenvalue weighted by molar-refractivity contribution is 7.80. The Bertz CT molecular complexity index is 467. The van der Waals surface area contributed by atoms with Crippen molar-refractivity contribution in [3.63, 3.8) is 0 Å². The van der Waals surface area contributed by atoms with Crippen LogP contribution in [0.15, 0.2) is 18.2 Å². The first-order valence-electron chi connectivity index (χ1n) is 4.21. The summed E-state index contributed by atoms with van der Waals surface area (Å²) in [6, 6.07) is 5.75. The molecule has 3 nitrogen and oxygen atoms in total. The van der Waals surface area contributed by atoms with E-state index in [-0.39, 0.29) is 0 Å². The predicted molar refractivity (Wildman–Crippen MR) is 60.7 cm³/mol. The second-order valence-electron chi connectivity index (χ2n) is 2.65. The van der Waals surface area contributed by atoms with Gasteiger partial charge in [-0.1, -0.05) is 10.6 Å². The van der Waals surface area contributed by atoms with Crippen molar-refractivity contribution >= 4 is 39.0 Å². The molecule has 0 radical (unpaired) electrons. The van der Waals surface area contributed by atoms with Crippen LogP contribution in [0.5, 0.6) is 0 Å². The van der Waals surface area contributed by atoms with Crippen LogP contribution in [0.1, 0.15) is 12.5 Å². The number of hydrogen-bond acceptors (Lipinski definition) is 5. The van der Waals surface area contributed by atoms with Crippen molar-refractivity contribution in [2.45, 2.75) is 6.92 Å². The molecular weight excluding hydrogens is 216 g/mol. The molecule has 1 heterocycles. The van der Waals surface area contributed by atoms with Crippen LogP contribution in [0.25, 0.3) is 10.2 Å². The Hall–Kier alpha value is -1.07.